The number of rotatable bonds is 6. The molecule has 0 bridgehead atoms. The van der Waals surface area contributed by atoms with E-state index in [0.717, 1.165) is 20.8 Å². The van der Waals surface area contributed by atoms with Crippen molar-refractivity contribution in [1.29, 1.82) is 5.26 Å². The molecule has 0 spiro atoms. The first-order chi connectivity index (χ1) is 16.1. The maximum atomic E-state index is 15.3. The molecule has 0 radical (unpaired) electrons. The molecule has 4 rings (SSSR count). The zero-order chi connectivity index (χ0) is 24.6. The summed E-state index contributed by atoms with van der Waals surface area (Å²) in [6.07, 6.45) is 0. The molecule has 0 unspecified atom stereocenters. The zero-order valence-electron chi connectivity index (χ0n) is 18.7. The molecule has 7 heteroatoms. The van der Waals surface area contributed by atoms with Gasteiger partial charge in [-0.1, -0.05) is 29.8 Å². The lowest BCUT2D eigenvalue weighted by atomic mass is 9.72. The average molecular weight is 595 g/mol. The molecule has 0 saturated carbocycles. The first-order valence-corrected chi connectivity index (χ1v) is 12.4. The zero-order valence-corrected chi connectivity index (χ0v) is 21.6. The molecule has 1 saturated heterocycles. The first kappa shape index (κ1) is 25.0. The van der Waals surface area contributed by atoms with Crippen LogP contribution in [0, 0.1) is 32.5 Å². The van der Waals surface area contributed by atoms with Crippen molar-refractivity contribution in [2.75, 3.05) is 13.1 Å². The van der Waals surface area contributed by atoms with Crippen molar-refractivity contribution in [3.05, 3.63) is 103 Å². The quantitative estimate of drug-likeness (QED) is 0.274. The Hall–Kier alpha value is -2.08. The lowest BCUT2D eigenvalue weighted by Crippen LogP contribution is -2.53. The van der Waals surface area contributed by atoms with Crippen LogP contribution in [0.3, 0.4) is 0 Å². The predicted molar refractivity (Wildman–Crippen MR) is 137 cm³/mol. The minimum atomic E-state index is -1.66. The summed E-state index contributed by atoms with van der Waals surface area (Å²) in [5.74, 6) is -2.20. The molecule has 2 nitrogen and oxygen atoms in total. The molecule has 3 aromatic rings. The van der Waals surface area contributed by atoms with Crippen molar-refractivity contribution in [2.45, 2.75) is 31.5 Å². The van der Waals surface area contributed by atoms with Gasteiger partial charge in [-0.05, 0) is 95.4 Å². The molecular weight excluding hydrogens is 572 g/mol. The van der Waals surface area contributed by atoms with Gasteiger partial charge in [0, 0.05) is 28.6 Å². The average Bonchev–Trinajstić information content (AvgIpc) is 2.73. The summed E-state index contributed by atoms with van der Waals surface area (Å²) in [5.41, 5.74) is 1.18. The molecule has 3 aromatic carbocycles. The van der Waals surface area contributed by atoms with E-state index in [0.29, 0.717) is 29.2 Å². The summed E-state index contributed by atoms with van der Waals surface area (Å²) in [4.78, 5) is 2.20. The Balaban J connectivity index is 1.68. The number of benzene rings is 3. The fraction of sp³-hybridized carbons (Fsp3) is 0.296. The van der Waals surface area contributed by atoms with Gasteiger partial charge < -0.3 is 0 Å². The summed E-state index contributed by atoms with van der Waals surface area (Å²) < 4.78 is 44.1. The van der Waals surface area contributed by atoms with Crippen LogP contribution in [-0.4, -0.2) is 23.7 Å². The minimum absolute atomic E-state index is 0.130. The third-order valence-electron chi connectivity index (χ3n) is 6.35. The van der Waals surface area contributed by atoms with Gasteiger partial charge in [0.2, 0.25) is 0 Å². The predicted octanol–water partition coefficient (Wildman–Crippen LogP) is 7.65. The molecule has 0 aliphatic carbocycles. The SMILES string of the molecule is CC(C)(F)[C@H](c1cc(F)cc(F)c1)C1CN([C@H](c2cccc(C#N)c2)c2ccc(Cl)c(I)c2)C1. The highest BCUT2D eigenvalue weighted by Crippen LogP contribution is 2.46. The third kappa shape index (κ3) is 5.27. The molecule has 1 aliphatic heterocycles. The van der Waals surface area contributed by atoms with Gasteiger partial charge in [-0.25, -0.2) is 13.2 Å². The Morgan fingerprint density at radius 3 is 2.24 bits per heavy atom. The molecule has 1 aliphatic rings. The van der Waals surface area contributed by atoms with E-state index in [1.165, 1.54) is 26.0 Å². The molecule has 2 atom stereocenters. The number of nitrogens with zero attached hydrogens (tertiary/aromatic N) is 2. The first-order valence-electron chi connectivity index (χ1n) is 10.9. The van der Waals surface area contributed by atoms with Gasteiger partial charge in [0.1, 0.15) is 17.3 Å². The smallest absolute Gasteiger partial charge is 0.126 e. The van der Waals surface area contributed by atoms with E-state index in [1.807, 2.05) is 36.4 Å². The lowest BCUT2D eigenvalue weighted by molar-refractivity contribution is 0.00803. The molecule has 0 amide bonds. The Morgan fingerprint density at radius 2 is 1.65 bits per heavy atom. The van der Waals surface area contributed by atoms with E-state index in [4.69, 9.17) is 11.6 Å². The number of hydrogen-bond acceptors (Lipinski definition) is 2. The molecule has 0 aromatic heterocycles. The van der Waals surface area contributed by atoms with Crippen molar-refractivity contribution < 1.29 is 13.2 Å². The number of halogens is 5. The fourth-order valence-corrected chi connectivity index (χ4v) is 5.69. The van der Waals surface area contributed by atoms with Gasteiger partial charge in [0.05, 0.1) is 22.7 Å². The van der Waals surface area contributed by atoms with Crippen molar-refractivity contribution in [3.8, 4) is 6.07 Å². The van der Waals surface area contributed by atoms with E-state index < -0.39 is 23.2 Å². The lowest BCUT2D eigenvalue weighted by Gasteiger charge is -2.50. The number of alkyl halides is 1. The van der Waals surface area contributed by atoms with Gasteiger partial charge in [0.25, 0.3) is 0 Å². The summed E-state index contributed by atoms with van der Waals surface area (Å²) in [6.45, 7) is 3.99. The largest absolute Gasteiger partial charge is 0.292 e. The van der Waals surface area contributed by atoms with E-state index >= 15 is 4.39 Å². The molecule has 34 heavy (non-hydrogen) atoms. The van der Waals surface area contributed by atoms with E-state index in [2.05, 4.69) is 33.6 Å². The summed E-state index contributed by atoms with van der Waals surface area (Å²) in [6, 6.07) is 18.5. The van der Waals surface area contributed by atoms with Gasteiger partial charge >= 0.3 is 0 Å². The topological polar surface area (TPSA) is 27.0 Å². The van der Waals surface area contributed by atoms with Crippen LogP contribution in [0.15, 0.2) is 60.7 Å². The van der Waals surface area contributed by atoms with E-state index in [9.17, 15) is 14.0 Å². The van der Waals surface area contributed by atoms with Gasteiger partial charge in [0.15, 0.2) is 0 Å². The second kappa shape index (κ2) is 9.88. The van der Waals surface area contributed by atoms with Gasteiger partial charge in [-0.2, -0.15) is 5.26 Å². The van der Waals surface area contributed by atoms with Crippen LogP contribution in [0.25, 0.3) is 0 Å². The number of likely N-dealkylation sites (tertiary alicyclic amines) is 1. The molecule has 176 valence electrons. The highest BCUT2D eigenvalue weighted by Gasteiger charge is 2.45. The van der Waals surface area contributed by atoms with Crippen LogP contribution in [0.2, 0.25) is 5.02 Å². The van der Waals surface area contributed by atoms with Gasteiger partial charge in [-0.15, -0.1) is 0 Å². The Bertz CT molecular complexity index is 1230. The van der Waals surface area contributed by atoms with Crippen molar-refractivity contribution in [3.63, 3.8) is 0 Å². The summed E-state index contributed by atoms with van der Waals surface area (Å²) in [7, 11) is 0. The summed E-state index contributed by atoms with van der Waals surface area (Å²) >= 11 is 8.43. The summed E-state index contributed by atoms with van der Waals surface area (Å²) in [5, 5.41) is 10.1. The number of hydrogen-bond donors (Lipinski definition) is 0. The van der Waals surface area contributed by atoms with Crippen LogP contribution >= 0.6 is 34.2 Å². The number of nitriles is 1. The Kier molecular flexibility index (Phi) is 7.28. The maximum absolute atomic E-state index is 15.3. The van der Waals surface area contributed by atoms with E-state index in [-0.39, 0.29) is 12.0 Å². The highest BCUT2D eigenvalue weighted by atomic mass is 127. The normalized spacial score (nSPS) is 16.5. The highest BCUT2D eigenvalue weighted by molar-refractivity contribution is 14.1. The van der Waals surface area contributed by atoms with Crippen LogP contribution in [-0.2, 0) is 0 Å². The molecular formula is C27H23ClF3IN2. The fourth-order valence-electron chi connectivity index (χ4n) is 5.03. The van der Waals surface area contributed by atoms with Crippen molar-refractivity contribution in [2.24, 2.45) is 5.92 Å². The second-order valence-corrected chi connectivity index (χ2v) is 10.8. The van der Waals surface area contributed by atoms with Crippen LogP contribution in [0.4, 0.5) is 13.2 Å². The monoisotopic (exact) mass is 594 g/mol. The maximum Gasteiger partial charge on any atom is 0.126 e. The third-order valence-corrected chi connectivity index (χ3v) is 7.89. The molecule has 1 fully saturated rings. The minimum Gasteiger partial charge on any atom is -0.292 e. The van der Waals surface area contributed by atoms with Crippen LogP contribution < -0.4 is 0 Å². The van der Waals surface area contributed by atoms with Crippen LogP contribution in [0.1, 0.15) is 48.1 Å². The van der Waals surface area contributed by atoms with Crippen LogP contribution in [0.5, 0.6) is 0 Å². The Labute approximate surface area is 216 Å². The Morgan fingerprint density at radius 1 is 1.00 bits per heavy atom. The molecule has 0 N–H and O–H groups in total. The van der Waals surface area contributed by atoms with E-state index in [1.54, 1.807) is 6.07 Å². The van der Waals surface area contributed by atoms with Gasteiger partial charge in [-0.3, -0.25) is 4.90 Å². The van der Waals surface area contributed by atoms with Crippen molar-refractivity contribution in [1.82, 2.24) is 4.90 Å². The second-order valence-electron chi connectivity index (χ2n) is 9.27. The molecule has 1 heterocycles. The standard InChI is InChI=1S/C27H23ClF3IN2/c1-27(2,31)25(19-9-21(29)12-22(30)10-19)20-14-34(15-20)26(17-5-3-4-16(8-17)13-33)18-6-7-23(28)24(32)11-18/h3-12,20,25-26H,14-15H2,1-2H3/t25-,26-/m1/s1. The van der Waals surface area contributed by atoms with Crippen molar-refractivity contribution >= 4 is 34.2 Å².